The number of nitrogens with zero attached hydrogens (tertiary/aromatic N) is 1. The van der Waals surface area contributed by atoms with Gasteiger partial charge in [-0.3, -0.25) is 14.9 Å². The van der Waals surface area contributed by atoms with Crippen molar-refractivity contribution in [3.8, 4) is 0 Å². The molecule has 0 aliphatic heterocycles. The fourth-order valence-electron chi connectivity index (χ4n) is 1.14. The molecular formula is C10H9ClN2O3. The molecular weight excluding hydrogens is 232 g/mol. The fraction of sp³-hybridized carbons (Fsp3) is 0.100. The molecule has 0 aliphatic carbocycles. The van der Waals surface area contributed by atoms with Gasteiger partial charge in [-0.25, -0.2) is 0 Å². The van der Waals surface area contributed by atoms with Crippen LogP contribution in [0.4, 0.5) is 5.69 Å². The molecule has 5 nitrogen and oxygen atoms in total. The summed E-state index contributed by atoms with van der Waals surface area (Å²) in [6, 6.07) is 4.08. The van der Waals surface area contributed by atoms with E-state index in [-0.39, 0.29) is 22.8 Å². The van der Waals surface area contributed by atoms with Crippen LogP contribution in [0.15, 0.2) is 30.9 Å². The summed E-state index contributed by atoms with van der Waals surface area (Å²) in [7, 11) is 0. The Balaban J connectivity index is 3.14. The summed E-state index contributed by atoms with van der Waals surface area (Å²) in [6.45, 7) is 3.65. The molecule has 1 aromatic carbocycles. The van der Waals surface area contributed by atoms with Crippen molar-refractivity contribution in [3.63, 3.8) is 0 Å². The van der Waals surface area contributed by atoms with Crippen molar-refractivity contribution in [2.45, 2.75) is 0 Å². The van der Waals surface area contributed by atoms with Gasteiger partial charge < -0.3 is 5.32 Å². The molecule has 0 heterocycles. The molecule has 0 saturated carbocycles. The number of amides is 1. The Labute approximate surface area is 96.9 Å². The second kappa shape index (κ2) is 5.27. The molecule has 84 valence electrons. The molecule has 1 aromatic rings. The van der Waals surface area contributed by atoms with E-state index in [0.717, 1.165) is 0 Å². The van der Waals surface area contributed by atoms with E-state index < -0.39 is 10.8 Å². The summed E-state index contributed by atoms with van der Waals surface area (Å²) >= 11 is 5.76. The highest BCUT2D eigenvalue weighted by Gasteiger charge is 2.22. The minimum atomic E-state index is -0.644. The van der Waals surface area contributed by atoms with Gasteiger partial charge in [-0.1, -0.05) is 23.7 Å². The maximum absolute atomic E-state index is 11.6. The van der Waals surface area contributed by atoms with Crippen LogP contribution >= 0.6 is 11.6 Å². The number of carbonyl (C=O) groups excluding carboxylic acids is 1. The highest BCUT2D eigenvalue weighted by Crippen LogP contribution is 2.25. The standard InChI is InChI=1S/C10H9ClN2O3/c1-2-6-12-10(14)9-7(11)4-3-5-8(9)13(15)16/h2-5H,1,6H2,(H,12,14). The first kappa shape index (κ1) is 12.2. The van der Waals surface area contributed by atoms with Gasteiger partial charge in [0.1, 0.15) is 5.56 Å². The van der Waals surface area contributed by atoms with Crippen molar-refractivity contribution in [2.24, 2.45) is 0 Å². The van der Waals surface area contributed by atoms with Crippen molar-refractivity contribution >= 4 is 23.2 Å². The number of hydrogen-bond acceptors (Lipinski definition) is 3. The van der Waals surface area contributed by atoms with Crippen LogP contribution in [0, 0.1) is 10.1 Å². The molecule has 0 atom stereocenters. The zero-order chi connectivity index (χ0) is 12.1. The van der Waals surface area contributed by atoms with Crippen LogP contribution in [0.1, 0.15) is 10.4 Å². The topological polar surface area (TPSA) is 72.2 Å². The number of nitro benzene ring substituents is 1. The van der Waals surface area contributed by atoms with Crippen LogP contribution in [0.3, 0.4) is 0 Å². The van der Waals surface area contributed by atoms with Crippen LogP contribution < -0.4 is 5.32 Å². The lowest BCUT2D eigenvalue weighted by molar-refractivity contribution is -0.385. The second-order valence-corrected chi connectivity index (χ2v) is 3.30. The van der Waals surface area contributed by atoms with Gasteiger partial charge in [0.2, 0.25) is 0 Å². The van der Waals surface area contributed by atoms with Gasteiger partial charge >= 0.3 is 0 Å². The zero-order valence-corrected chi connectivity index (χ0v) is 9.03. The number of halogens is 1. The summed E-state index contributed by atoms with van der Waals surface area (Å²) in [5, 5.41) is 13.2. The molecule has 6 heteroatoms. The predicted octanol–water partition coefficient (Wildman–Crippen LogP) is 2.16. The van der Waals surface area contributed by atoms with Crippen LogP contribution in [0.5, 0.6) is 0 Å². The third kappa shape index (κ3) is 2.58. The molecule has 16 heavy (non-hydrogen) atoms. The average molecular weight is 241 g/mol. The van der Waals surface area contributed by atoms with Gasteiger partial charge in [0.15, 0.2) is 0 Å². The van der Waals surface area contributed by atoms with Crippen LogP contribution in [-0.2, 0) is 0 Å². The zero-order valence-electron chi connectivity index (χ0n) is 8.27. The number of carbonyl (C=O) groups is 1. The minimum absolute atomic E-state index is 0.0516. The van der Waals surface area contributed by atoms with Gasteiger partial charge in [-0.2, -0.15) is 0 Å². The SMILES string of the molecule is C=CCNC(=O)c1c(Cl)cccc1[N+](=O)[O-]. The Morgan fingerprint density at radius 2 is 2.31 bits per heavy atom. The Bertz CT molecular complexity index is 446. The Morgan fingerprint density at radius 1 is 1.62 bits per heavy atom. The molecule has 1 amide bonds. The van der Waals surface area contributed by atoms with Crippen molar-refractivity contribution in [1.82, 2.24) is 5.32 Å². The normalized spacial score (nSPS) is 9.56. The van der Waals surface area contributed by atoms with Gasteiger partial charge in [0.05, 0.1) is 9.95 Å². The highest BCUT2D eigenvalue weighted by molar-refractivity contribution is 6.34. The number of benzene rings is 1. The smallest absolute Gasteiger partial charge is 0.283 e. The van der Waals surface area contributed by atoms with Gasteiger partial charge in [-0.15, -0.1) is 6.58 Å². The van der Waals surface area contributed by atoms with E-state index in [1.54, 1.807) is 0 Å². The predicted molar refractivity (Wildman–Crippen MR) is 60.6 cm³/mol. The van der Waals surface area contributed by atoms with E-state index in [0.29, 0.717) is 0 Å². The lowest BCUT2D eigenvalue weighted by atomic mass is 10.1. The minimum Gasteiger partial charge on any atom is -0.348 e. The Hall–Kier alpha value is -1.88. The lowest BCUT2D eigenvalue weighted by Crippen LogP contribution is -2.24. The lowest BCUT2D eigenvalue weighted by Gasteiger charge is -2.04. The fourth-order valence-corrected chi connectivity index (χ4v) is 1.40. The largest absolute Gasteiger partial charge is 0.348 e. The average Bonchev–Trinajstić information content (AvgIpc) is 2.25. The van der Waals surface area contributed by atoms with Crippen molar-refractivity contribution in [2.75, 3.05) is 6.54 Å². The molecule has 0 fully saturated rings. The third-order valence-corrected chi connectivity index (χ3v) is 2.14. The van der Waals surface area contributed by atoms with Crippen molar-refractivity contribution in [1.29, 1.82) is 0 Å². The first-order valence-corrected chi connectivity index (χ1v) is 4.77. The quantitative estimate of drug-likeness (QED) is 0.498. The van der Waals surface area contributed by atoms with Crippen molar-refractivity contribution in [3.05, 3.63) is 51.6 Å². The number of nitro groups is 1. The second-order valence-electron chi connectivity index (χ2n) is 2.89. The summed E-state index contributed by atoms with van der Waals surface area (Å²) in [4.78, 5) is 21.7. The third-order valence-electron chi connectivity index (χ3n) is 1.82. The monoisotopic (exact) mass is 240 g/mol. The number of rotatable bonds is 4. The first-order chi connectivity index (χ1) is 7.57. The highest BCUT2D eigenvalue weighted by atomic mass is 35.5. The maximum atomic E-state index is 11.6. The van der Waals surface area contributed by atoms with Crippen LogP contribution in [0.2, 0.25) is 5.02 Å². The first-order valence-electron chi connectivity index (χ1n) is 4.40. The van der Waals surface area contributed by atoms with Gasteiger partial charge in [-0.05, 0) is 6.07 Å². The van der Waals surface area contributed by atoms with Crippen LogP contribution in [-0.4, -0.2) is 17.4 Å². The molecule has 0 radical (unpaired) electrons. The van der Waals surface area contributed by atoms with Gasteiger partial charge in [0, 0.05) is 12.6 Å². The summed E-state index contributed by atoms with van der Waals surface area (Å²) in [5.41, 5.74) is -0.440. The number of hydrogen-bond donors (Lipinski definition) is 1. The van der Waals surface area contributed by atoms with E-state index in [9.17, 15) is 14.9 Å². The summed E-state index contributed by atoms with van der Waals surface area (Å²) in [5.74, 6) is -0.586. The van der Waals surface area contributed by atoms with E-state index >= 15 is 0 Å². The molecule has 0 bridgehead atoms. The van der Waals surface area contributed by atoms with Crippen LogP contribution in [0.25, 0.3) is 0 Å². The molecule has 0 unspecified atom stereocenters. The van der Waals surface area contributed by atoms with E-state index in [4.69, 9.17) is 11.6 Å². The summed E-state index contributed by atoms with van der Waals surface area (Å²) in [6.07, 6.45) is 1.47. The molecule has 0 aromatic heterocycles. The van der Waals surface area contributed by atoms with E-state index in [2.05, 4.69) is 11.9 Å². The molecule has 0 saturated heterocycles. The molecule has 0 aliphatic rings. The number of nitrogens with one attached hydrogen (secondary N) is 1. The van der Waals surface area contributed by atoms with Gasteiger partial charge in [0.25, 0.3) is 11.6 Å². The molecule has 0 spiro atoms. The Morgan fingerprint density at radius 3 is 2.88 bits per heavy atom. The van der Waals surface area contributed by atoms with Crippen molar-refractivity contribution < 1.29 is 9.72 Å². The Kier molecular flexibility index (Phi) is 4.02. The summed E-state index contributed by atoms with van der Waals surface area (Å²) < 4.78 is 0. The van der Waals surface area contributed by atoms with E-state index in [1.807, 2.05) is 0 Å². The maximum Gasteiger partial charge on any atom is 0.283 e. The molecule has 1 N–H and O–H groups in total. The molecule has 1 rings (SSSR count). The van der Waals surface area contributed by atoms with E-state index in [1.165, 1.54) is 24.3 Å².